The van der Waals surface area contributed by atoms with Gasteiger partial charge in [0.05, 0.1) is 0 Å². The van der Waals surface area contributed by atoms with E-state index in [1.807, 2.05) is 0 Å². The highest BCUT2D eigenvalue weighted by Crippen LogP contribution is 2.01. The highest BCUT2D eigenvalue weighted by molar-refractivity contribution is 6.42. The molecule has 0 aliphatic rings. The van der Waals surface area contributed by atoms with Gasteiger partial charge in [0.25, 0.3) is 5.91 Å². The summed E-state index contributed by atoms with van der Waals surface area (Å²) in [5.74, 6) is -2.26. The number of carbonyl (C=O) groups is 3. The molecule has 0 spiro atoms. The molecule has 0 aliphatic heterocycles. The number of amides is 1. The summed E-state index contributed by atoms with van der Waals surface area (Å²) in [5, 5.41) is 11.1. The molecule has 0 saturated carbocycles. The number of unbranched alkanes of at least 4 members (excludes halogenated alkanes) is 1. The Hall–Kier alpha value is -2.21. The van der Waals surface area contributed by atoms with Gasteiger partial charge in [-0.15, -0.1) is 0 Å². The predicted molar refractivity (Wildman–Crippen MR) is 73.2 cm³/mol. The summed E-state index contributed by atoms with van der Waals surface area (Å²) in [6.45, 7) is 0.323. The molecule has 108 valence electrons. The van der Waals surface area contributed by atoms with Crippen molar-refractivity contribution in [2.75, 3.05) is 6.54 Å². The van der Waals surface area contributed by atoms with E-state index in [1.165, 1.54) is 0 Å². The number of aliphatic carboxylic acids is 1. The normalized spacial score (nSPS) is 11.7. The van der Waals surface area contributed by atoms with Gasteiger partial charge in [0.15, 0.2) is 0 Å². The molecule has 0 aliphatic carbocycles. The summed E-state index contributed by atoms with van der Waals surface area (Å²) in [7, 11) is 0. The van der Waals surface area contributed by atoms with Gasteiger partial charge in [-0.3, -0.25) is 14.4 Å². The molecule has 1 aromatic carbocycles. The lowest BCUT2D eigenvalue weighted by molar-refractivity contribution is -0.138. The topological polar surface area (TPSA) is 109 Å². The van der Waals surface area contributed by atoms with Gasteiger partial charge in [0, 0.05) is 12.1 Å². The van der Waals surface area contributed by atoms with E-state index in [1.54, 1.807) is 30.3 Å². The van der Waals surface area contributed by atoms with E-state index in [-0.39, 0.29) is 0 Å². The molecule has 0 aromatic heterocycles. The lowest BCUT2D eigenvalue weighted by Crippen LogP contribution is -2.32. The quantitative estimate of drug-likeness (QED) is 0.366. The van der Waals surface area contributed by atoms with E-state index in [4.69, 9.17) is 10.8 Å². The first-order valence-electron chi connectivity index (χ1n) is 6.38. The van der Waals surface area contributed by atoms with Gasteiger partial charge in [-0.1, -0.05) is 30.3 Å². The molecule has 1 rings (SSSR count). The number of hydrogen-bond acceptors (Lipinski definition) is 4. The van der Waals surface area contributed by atoms with Crippen LogP contribution in [0.1, 0.15) is 29.6 Å². The van der Waals surface area contributed by atoms with Crippen molar-refractivity contribution in [1.29, 1.82) is 0 Å². The molecule has 4 N–H and O–H groups in total. The standard InChI is InChI=1S/C14H18N2O4/c15-11(14(19)20)8-4-5-9-16-13(18)12(17)10-6-2-1-3-7-10/h1-3,6-7,11H,4-5,8-9,15H2,(H,16,18)(H,19,20)/t11-/m0/s1. The summed E-state index contributed by atoms with van der Waals surface area (Å²) in [5.41, 5.74) is 5.69. The van der Waals surface area contributed by atoms with Crippen molar-refractivity contribution >= 4 is 17.7 Å². The monoisotopic (exact) mass is 278 g/mol. The average molecular weight is 278 g/mol. The van der Waals surface area contributed by atoms with Crippen molar-refractivity contribution in [2.45, 2.75) is 25.3 Å². The van der Waals surface area contributed by atoms with Gasteiger partial charge in [-0.25, -0.2) is 0 Å². The Kier molecular flexibility index (Phi) is 6.39. The first-order valence-corrected chi connectivity index (χ1v) is 6.38. The van der Waals surface area contributed by atoms with Crippen LogP contribution in [0.3, 0.4) is 0 Å². The van der Waals surface area contributed by atoms with Gasteiger partial charge in [-0.2, -0.15) is 0 Å². The fourth-order valence-corrected chi connectivity index (χ4v) is 1.62. The lowest BCUT2D eigenvalue weighted by atomic mass is 10.1. The van der Waals surface area contributed by atoms with E-state index in [9.17, 15) is 14.4 Å². The second-order valence-corrected chi connectivity index (χ2v) is 4.39. The molecule has 0 saturated heterocycles. The number of hydrogen-bond donors (Lipinski definition) is 3. The highest BCUT2D eigenvalue weighted by Gasteiger charge is 2.15. The summed E-state index contributed by atoms with van der Waals surface area (Å²) < 4.78 is 0. The van der Waals surface area contributed by atoms with Crippen molar-refractivity contribution < 1.29 is 19.5 Å². The van der Waals surface area contributed by atoms with Crippen LogP contribution in [0.25, 0.3) is 0 Å². The molecule has 1 atom stereocenters. The van der Waals surface area contributed by atoms with Crippen LogP contribution in [0.15, 0.2) is 30.3 Å². The lowest BCUT2D eigenvalue weighted by Gasteiger charge is -2.07. The molecular weight excluding hydrogens is 260 g/mol. The van der Waals surface area contributed by atoms with Gasteiger partial charge in [0.1, 0.15) is 6.04 Å². The minimum atomic E-state index is -1.03. The number of benzene rings is 1. The van der Waals surface area contributed by atoms with Crippen LogP contribution in [0.2, 0.25) is 0 Å². The van der Waals surface area contributed by atoms with Crippen molar-refractivity contribution in [3.63, 3.8) is 0 Å². The predicted octanol–water partition coefficient (Wildman–Crippen LogP) is 0.568. The molecular formula is C14H18N2O4. The van der Waals surface area contributed by atoms with E-state index in [0.29, 0.717) is 31.4 Å². The summed E-state index contributed by atoms with van der Waals surface area (Å²) in [4.78, 5) is 33.7. The summed E-state index contributed by atoms with van der Waals surface area (Å²) >= 11 is 0. The third-order valence-corrected chi connectivity index (χ3v) is 2.79. The Balaban J connectivity index is 2.24. The number of carboxylic acid groups (broad SMARTS) is 1. The third kappa shape index (κ3) is 5.19. The number of carbonyl (C=O) groups excluding carboxylic acids is 2. The van der Waals surface area contributed by atoms with Crippen LogP contribution >= 0.6 is 0 Å². The Bertz CT molecular complexity index is 473. The molecule has 6 nitrogen and oxygen atoms in total. The van der Waals surface area contributed by atoms with Crippen molar-refractivity contribution in [1.82, 2.24) is 5.32 Å². The minimum absolute atomic E-state index is 0.323. The van der Waals surface area contributed by atoms with Crippen LogP contribution in [0.5, 0.6) is 0 Å². The Morgan fingerprint density at radius 1 is 1.15 bits per heavy atom. The maximum absolute atomic E-state index is 11.7. The molecule has 0 radical (unpaired) electrons. The fraction of sp³-hybridized carbons (Fsp3) is 0.357. The molecule has 1 aromatic rings. The summed E-state index contributed by atoms with van der Waals surface area (Å²) in [6.07, 6.45) is 1.50. The third-order valence-electron chi connectivity index (χ3n) is 2.79. The van der Waals surface area contributed by atoms with Crippen molar-refractivity contribution in [2.24, 2.45) is 5.73 Å². The van der Waals surface area contributed by atoms with Gasteiger partial charge >= 0.3 is 5.97 Å². The minimum Gasteiger partial charge on any atom is -0.480 e. The van der Waals surface area contributed by atoms with E-state index in [2.05, 4.69) is 5.32 Å². The molecule has 0 bridgehead atoms. The zero-order valence-electron chi connectivity index (χ0n) is 11.0. The van der Waals surface area contributed by atoms with Crippen LogP contribution in [-0.4, -0.2) is 35.4 Å². The van der Waals surface area contributed by atoms with Crippen LogP contribution in [0.4, 0.5) is 0 Å². The van der Waals surface area contributed by atoms with Gasteiger partial charge in [0.2, 0.25) is 5.78 Å². The number of ketones is 1. The van der Waals surface area contributed by atoms with E-state index < -0.39 is 23.7 Å². The van der Waals surface area contributed by atoms with E-state index in [0.717, 1.165) is 0 Å². The first kappa shape index (κ1) is 15.8. The van der Waals surface area contributed by atoms with Crippen LogP contribution in [0, 0.1) is 0 Å². The number of carboxylic acids is 1. The molecule has 20 heavy (non-hydrogen) atoms. The Morgan fingerprint density at radius 2 is 1.80 bits per heavy atom. The average Bonchev–Trinajstić information content (AvgIpc) is 2.46. The molecule has 0 unspecified atom stereocenters. The van der Waals surface area contributed by atoms with Gasteiger partial charge in [-0.05, 0) is 19.3 Å². The van der Waals surface area contributed by atoms with Crippen LogP contribution < -0.4 is 11.1 Å². The molecule has 0 heterocycles. The molecule has 0 fully saturated rings. The smallest absolute Gasteiger partial charge is 0.320 e. The Labute approximate surface area is 117 Å². The fourth-order valence-electron chi connectivity index (χ4n) is 1.62. The number of nitrogens with one attached hydrogen (secondary N) is 1. The van der Waals surface area contributed by atoms with Crippen molar-refractivity contribution in [3.05, 3.63) is 35.9 Å². The van der Waals surface area contributed by atoms with Crippen LogP contribution in [-0.2, 0) is 9.59 Å². The number of Topliss-reactive ketones (excluding diaryl/α,β-unsaturated/α-hetero) is 1. The number of rotatable bonds is 8. The Morgan fingerprint density at radius 3 is 2.40 bits per heavy atom. The maximum Gasteiger partial charge on any atom is 0.320 e. The SMILES string of the molecule is N[C@@H](CCCCNC(=O)C(=O)c1ccccc1)C(=O)O. The van der Waals surface area contributed by atoms with E-state index >= 15 is 0 Å². The second-order valence-electron chi connectivity index (χ2n) is 4.39. The molecule has 1 amide bonds. The number of nitrogens with two attached hydrogens (primary N) is 1. The van der Waals surface area contributed by atoms with Crippen molar-refractivity contribution in [3.8, 4) is 0 Å². The zero-order chi connectivity index (χ0) is 15.0. The highest BCUT2D eigenvalue weighted by atomic mass is 16.4. The second kappa shape index (κ2) is 8.06. The maximum atomic E-state index is 11.7. The largest absolute Gasteiger partial charge is 0.480 e. The summed E-state index contributed by atoms with van der Waals surface area (Å²) in [6, 6.07) is 7.42. The van der Waals surface area contributed by atoms with Gasteiger partial charge < -0.3 is 16.2 Å². The first-order chi connectivity index (χ1) is 9.52. The zero-order valence-corrected chi connectivity index (χ0v) is 11.0. The molecule has 6 heteroatoms.